The summed E-state index contributed by atoms with van der Waals surface area (Å²) in [4.78, 5) is 4.95. The number of hydrogen-bond donors (Lipinski definition) is 1. The molecule has 0 aliphatic carbocycles. The average molecular weight is 312 g/mol. The highest BCUT2D eigenvalue weighted by molar-refractivity contribution is 4.94. The number of likely N-dealkylation sites (tertiary alicyclic amines) is 1. The summed E-state index contributed by atoms with van der Waals surface area (Å²) >= 11 is 0. The molecule has 0 bridgehead atoms. The van der Waals surface area contributed by atoms with Gasteiger partial charge >= 0.3 is 0 Å². The van der Waals surface area contributed by atoms with E-state index >= 15 is 0 Å². The third-order valence-electron chi connectivity index (χ3n) is 5.14. The first-order valence-corrected chi connectivity index (χ1v) is 9.13. The molecule has 0 radical (unpaired) electrons. The molecule has 2 heterocycles. The van der Waals surface area contributed by atoms with Crippen molar-refractivity contribution in [1.29, 1.82) is 0 Å². The molecule has 22 heavy (non-hydrogen) atoms. The fraction of sp³-hybridized carbons (Fsp3) is 1.00. The van der Waals surface area contributed by atoms with Crippen molar-refractivity contribution in [2.24, 2.45) is 5.41 Å². The molecule has 0 aromatic rings. The van der Waals surface area contributed by atoms with Crippen LogP contribution in [0.1, 0.15) is 46.0 Å². The van der Waals surface area contributed by atoms with E-state index in [-0.39, 0.29) is 5.60 Å². The molecule has 2 aliphatic heterocycles. The smallest absolute Gasteiger partial charge is 0.0632 e. The summed E-state index contributed by atoms with van der Waals surface area (Å²) in [6.45, 7) is 12.7. The van der Waals surface area contributed by atoms with Gasteiger partial charge in [-0.3, -0.25) is 0 Å². The minimum atomic E-state index is 0.0310. The molecule has 2 rings (SSSR count). The van der Waals surface area contributed by atoms with E-state index in [0.717, 1.165) is 19.7 Å². The topological polar surface area (TPSA) is 27.7 Å². The highest BCUT2D eigenvalue weighted by Crippen LogP contribution is 2.39. The van der Waals surface area contributed by atoms with Gasteiger partial charge in [0.1, 0.15) is 0 Å². The van der Waals surface area contributed by atoms with Crippen LogP contribution >= 0.6 is 0 Å². The maximum Gasteiger partial charge on any atom is 0.0632 e. The van der Waals surface area contributed by atoms with Crippen LogP contribution in [0.15, 0.2) is 0 Å². The number of ether oxygens (including phenoxy) is 1. The van der Waals surface area contributed by atoms with Gasteiger partial charge in [-0.1, -0.05) is 0 Å². The number of hydrogen-bond acceptors (Lipinski definition) is 4. The predicted octanol–water partition coefficient (Wildman–Crippen LogP) is 2.20. The monoisotopic (exact) mass is 311 g/mol. The van der Waals surface area contributed by atoms with Crippen LogP contribution in [0.25, 0.3) is 0 Å². The second-order valence-corrected chi connectivity index (χ2v) is 8.35. The lowest BCUT2D eigenvalue weighted by molar-refractivity contribution is -0.110. The van der Waals surface area contributed by atoms with E-state index in [2.05, 4.69) is 43.1 Å². The molecule has 0 spiro atoms. The van der Waals surface area contributed by atoms with E-state index in [1.165, 1.54) is 58.3 Å². The minimum Gasteiger partial charge on any atom is -0.376 e. The maximum absolute atomic E-state index is 5.99. The molecule has 130 valence electrons. The second-order valence-electron chi connectivity index (χ2n) is 8.35. The first kappa shape index (κ1) is 18.2. The third kappa shape index (κ3) is 5.80. The van der Waals surface area contributed by atoms with Crippen molar-refractivity contribution in [3.05, 3.63) is 0 Å². The van der Waals surface area contributed by atoms with Crippen LogP contribution in [-0.2, 0) is 4.74 Å². The fourth-order valence-electron chi connectivity index (χ4n) is 4.22. The van der Waals surface area contributed by atoms with Crippen LogP contribution in [0.5, 0.6) is 0 Å². The van der Waals surface area contributed by atoms with Crippen molar-refractivity contribution in [1.82, 2.24) is 15.1 Å². The van der Waals surface area contributed by atoms with E-state index in [1.54, 1.807) is 0 Å². The van der Waals surface area contributed by atoms with Gasteiger partial charge in [-0.2, -0.15) is 0 Å². The molecular weight excluding hydrogens is 274 g/mol. The first-order valence-electron chi connectivity index (χ1n) is 9.13. The van der Waals surface area contributed by atoms with E-state index < -0.39 is 0 Å². The maximum atomic E-state index is 5.99. The lowest BCUT2D eigenvalue weighted by Gasteiger charge is -2.47. The van der Waals surface area contributed by atoms with Crippen LogP contribution < -0.4 is 5.32 Å². The fourth-order valence-corrected chi connectivity index (χ4v) is 4.22. The van der Waals surface area contributed by atoms with Crippen molar-refractivity contribution >= 4 is 0 Å². The summed E-state index contributed by atoms with van der Waals surface area (Å²) < 4.78 is 5.99. The highest BCUT2D eigenvalue weighted by atomic mass is 16.5. The van der Waals surface area contributed by atoms with Gasteiger partial charge in [0.05, 0.1) is 5.60 Å². The zero-order chi connectivity index (χ0) is 16.1. The van der Waals surface area contributed by atoms with Gasteiger partial charge in [0, 0.05) is 25.1 Å². The van der Waals surface area contributed by atoms with Crippen LogP contribution in [-0.4, -0.2) is 75.4 Å². The molecule has 4 heteroatoms. The predicted molar refractivity (Wildman–Crippen MR) is 93.4 cm³/mol. The molecule has 0 saturated carbocycles. The van der Waals surface area contributed by atoms with E-state index in [0.29, 0.717) is 5.41 Å². The normalized spacial score (nSPS) is 29.3. The number of nitrogens with one attached hydrogen (secondary N) is 1. The summed E-state index contributed by atoms with van der Waals surface area (Å²) in [5.41, 5.74) is 0.424. The Labute approximate surface area is 137 Å². The Kier molecular flexibility index (Phi) is 6.69. The summed E-state index contributed by atoms with van der Waals surface area (Å²) in [7, 11) is 4.30. The Bertz CT molecular complexity index is 326. The SMILES string of the molecule is CN(C)CCCNC[C@@]1(CN2CCCC2)CCOC(C)(C)C1. The van der Waals surface area contributed by atoms with E-state index in [1.807, 2.05) is 0 Å². The van der Waals surface area contributed by atoms with Crippen LogP contribution in [0, 0.1) is 5.41 Å². The molecule has 4 nitrogen and oxygen atoms in total. The highest BCUT2D eigenvalue weighted by Gasteiger charge is 2.41. The number of nitrogens with zero attached hydrogens (tertiary/aromatic N) is 2. The van der Waals surface area contributed by atoms with Crippen LogP contribution in [0.3, 0.4) is 0 Å². The largest absolute Gasteiger partial charge is 0.376 e. The lowest BCUT2D eigenvalue weighted by atomic mass is 9.73. The Morgan fingerprint density at radius 1 is 1.18 bits per heavy atom. The zero-order valence-electron chi connectivity index (χ0n) is 15.3. The molecule has 2 saturated heterocycles. The van der Waals surface area contributed by atoms with Crippen molar-refractivity contribution in [2.75, 3.05) is 60.0 Å². The Morgan fingerprint density at radius 3 is 2.55 bits per heavy atom. The van der Waals surface area contributed by atoms with Gasteiger partial charge in [-0.15, -0.1) is 0 Å². The van der Waals surface area contributed by atoms with E-state index in [4.69, 9.17) is 4.74 Å². The van der Waals surface area contributed by atoms with Crippen LogP contribution in [0.2, 0.25) is 0 Å². The molecule has 2 fully saturated rings. The van der Waals surface area contributed by atoms with Gasteiger partial charge in [0.15, 0.2) is 0 Å². The summed E-state index contributed by atoms with van der Waals surface area (Å²) in [5.74, 6) is 0. The minimum absolute atomic E-state index is 0.0310. The third-order valence-corrected chi connectivity index (χ3v) is 5.14. The van der Waals surface area contributed by atoms with Crippen molar-refractivity contribution in [3.63, 3.8) is 0 Å². The van der Waals surface area contributed by atoms with Gasteiger partial charge in [0.25, 0.3) is 0 Å². The van der Waals surface area contributed by atoms with Crippen molar-refractivity contribution < 1.29 is 4.74 Å². The van der Waals surface area contributed by atoms with Gasteiger partial charge < -0.3 is 19.9 Å². The molecular formula is C18H37N3O. The molecule has 2 aliphatic rings. The lowest BCUT2D eigenvalue weighted by Crippen LogP contribution is -2.51. The molecule has 1 N–H and O–H groups in total. The van der Waals surface area contributed by atoms with Crippen molar-refractivity contribution in [2.45, 2.75) is 51.6 Å². The quantitative estimate of drug-likeness (QED) is 0.696. The van der Waals surface area contributed by atoms with Gasteiger partial charge in [-0.05, 0) is 86.2 Å². The molecule has 0 aromatic carbocycles. The standard InChI is InChI=1S/C18H37N3O/c1-17(2)14-18(8-13-22-17,16-21-11-5-6-12-21)15-19-9-7-10-20(3)4/h19H,5-16H2,1-4H3/t18-/m1/s1. The summed E-state index contributed by atoms with van der Waals surface area (Å²) in [6.07, 6.45) is 6.37. The molecule has 1 atom stereocenters. The Hall–Kier alpha value is -0.160. The second kappa shape index (κ2) is 8.09. The van der Waals surface area contributed by atoms with Crippen molar-refractivity contribution in [3.8, 4) is 0 Å². The molecule has 0 amide bonds. The summed E-state index contributed by atoms with van der Waals surface area (Å²) in [6, 6.07) is 0. The zero-order valence-corrected chi connectivity index (χ0v) is 15.3. The van der Waals surface area contributed by atoms with Gasteiger partial charge in [-0.25, -0.2) is 0 Å². The number of rotatable bonds is 8. The van der Waals surface area contributed by atoms with Crippen LogP contribution in [0.4, 0.5) is 0 Å². The molecule has 0 unspecified atom stereocenters. The van der Waals surface area contributed by atoms with Gasteiger partial charge in [0.2, 0.25) is 0 Å². The summed E-state index contributed by atoms with van der Waals surface area (Å²) in [5, 5.41) is 3.75. The first-order chi connectivity index (χ1) is 10.4. The average Bonchev–Trinajstić information content (AvgIpc) is 2.89. The molecule has 0 aromatic heterocycles. The Balaban J connectivity index is 1.86. The van der Waals surface area contributed by atoms with E-state index in [9.17, 15) is 0 Å². The Morgan fingerprint density at radius 2 is 1.91 bits per heavy atom.